The molecule has 6 heteroatoms. The van der Waals surface area contributed by atoms with E-state index in [2.05, 4.69) is 6.92 Å². The van der Waals surface area contributed by atoms with Gasteiger partial charge in [-0.05, 0) is 137 Å². The first-order valence-corrected chi connectivity index (χ1v) is 16.0. The van der Waals surface area contributed by atoms with Crippen LogP contribution in [0.5, 0.6) is 11.5 Å². The minimum Gasteiger partial charge on any atom is -0.491 e. The van der Waals surface area contributed by atoms with Gasteiger partial charge in [0, 0.05) is 0 Å². The zero-order valence-corrected chi connectivity index (χ0v) is 24.7. The molecule has 3 aliphatic rings. The maximum Gasteiger partial charge on any atom is 0.338 e. The third-order valence-electron chi connectivity index (χ3n) is 9.94. The Labute approximate surface area is 244 Å². The molecule has 0 radical (unpaired) electrons. The lowest BCUT2D eigenvalue weighted by Crippen LogP contribution is -2.36. The van der Waals surface area contributed by atoms with Gasteiger partial charge in [-0.25, -0.2) is 4.79 Å². The normalized spacial score (nSPS) is 28.0. The molecule has 0 amide bonds. The molecular weight excluding hydrogens is 522 g/mol. The molecule has 3 aliphatic carbocycles. The van der Waals surface area contributed by atoms with Gasteiger partial charge in [0.1, 0.15) is 6.10 Å². The van der Waals surface area contributed by atoms with E-state index >= 15 is 0 Å². The van der Waals surface area contributed by atoms with Crippen molar-refractivity contribution < 1.29 is 27.8 Å². The van der Waals surface area contributed by atoms with Gasteiger partial charge in [0.05, 0.1) is 18.8 Å². The Bertz CT molecular complexity index is 1140. The molecule has 0 saturated heterocycles. The molecule has 3 saturated carbocycles. The Hall–Kier alpha value is -2.63. The van der Waals surface area contributed by atoms with Crippen LogP contribution in [0.1, 0.15) is 100 Å². The standard InChI is InChI=1S/C35H46F2O4/c1-3-5-23-6-9-26(10-7-23)35(38)41-30-16-14-25(15-17-30)28-13-12-27-20-24(8-11-29(27)21-28)22-40-32-19-18-31(39-4-2)33(36)34(32)37/h6-7,9-10,18-19,24-25,27-30H,3-5,8,11-17,20-22H2,1-2H3. The van der Waals surface area contributed by atoms with E-state index in [0.717, 1.165) is 69.1 Å². The van der Waals surface area contributed by atoms with E-state index in [1.807, 2.05) is 24.3 Å². The highest BCUT2D eigenvalue weighted by Crippen LogP contribution is 2.49. The Morgan fingerprint density at radius 3 is 1.98 bits per heavy atom. The Balaban J connectivity index is 1.03. The quantitative estimate of drug-likeness (QED) is 0.268. The molecule has 5 rings (SSSR count). The van der Waals surface area contributed by atoms with Crippen LogP contribution >= 0.6 is 0 Å². The molecule has 3 fully saturated rings. The van der Waals surface area contributed by atoms with Crippen LogP contribution in [0.4, 0.5) is 8.78 Å². The number of esters is 1. The van der Waals surface area contributed by atoms with Crippen molar-refractivity contribution in [3.63, 3.8) is 0 Å². The van der Waals surface area contributed by atoms with Gasteiger partial charge in [0.25, 0.3) is 0 Å². The van der Waals surface area contributed by atoms with Crippen LogP contribution in [-0.4, -0.2) is 25.3 Å². The molecule has 224 valence electrons. The molecule has 4 unspecified atom stereocenters. The van der Waals surface area contributed by atoms with Crippen molar-refractivity contribution in [1.82, 2.24) is 0 Å². The molecule has 4 nitrogen and oxygen atoms in total. The summed E-state index contributed by atoms with van der Waals surface area (Å²) in [4.78, 5) is 12.7. The first-order valence-electron chi connectivity index (χ1n) is 16.0. The predicted molar refractivity (Wildman–Crippen MR) is 156 cm³/mol. The molecule has 2 aromatic rings. The van der Waals surface area contributed by atoms with E-state index < -0.39 is 11.6 Å². The average molecular weight is 569 g/mol. The molecule has 0 bridgehead atoms. The summed E-state index contributed by atoms with van der Waals surface area (Å²) in [5.74, 6) is 1.13. The van der Waals surface area contributed by atoms with Crippen LogP contribution in [0.2, 0.25) is 0 Å². The molecule has 0 aromatic heterocycles. The Morgan fingerprint density at radius 1 is 0.732 bits per heavy atom. The summed E-state index contributed by atoms with van der Waals surface area (Å²) >= 11 is 0. The fourth-order valence-electron chi connectivity index (χ4n) is 7.70. The number of ether oxygens (including phenoxy) is 3. The zero-order valence-electron chi connectivity index (χ0n) is 24.7. The number of fused-ring (bicyclic) bond motifs is 1. The fourth-order valence-corrected chi connectivity index (χ4v) is 7.70. The van der Waals surface area contributed by atoms with Gasteiger partial charge in [-0.2, -0.15) is 8.78 Å². The van der Waals surface area contributed by atoms with Crippen molar-refractivity contribution in [2.24, 2.45) is 29.6 Å². The number of hydrogen-bond donors (Lipinski definition) is 0. The van der Waals surface area contributed by atoms with Crippen LogP contribution < -0.4 is 9.47 Å². The van der Waals surface area contributed by atoms with E-state index in [1.54, 1.807) is 6.92 Å². The Kier molecular flexibility index (Phi) is 10.2. The number of benzene rings is 2. The minimum atomic E-state index is -0.976. The molecule has 0 N–H and O–H groups in total. The van der Waals surface area contributed by atoms with Crippen molar-refractivity contribution in [2.75, 3.05) is 13.2 Å². The number of rotatable bonds is 10. The van der Waals surface area contributed by atoms with E-state index in [1.165, 1.54) is 43.4 Å². The summed E-state index contributed by atoms with van der Waals surface area (Å²) < 4.78 is 45.4. The molecule has 0 spiro atoms. The fraction of sp³-hybridized carbons (Fsp3) is 0.629. The maximum absolute atomic E-state index is 14.4. The number of carbonyl (C=O) groups excluding carboxylic acids is 1. The average Bonchev–Trinajstić information content (AvgIpc) is 3.00. The van der Waals surface area contributed by atoms with Crippen molar-refractivity contribution in [3.05, 3.63) is 59.2 Å². The van der Waals surface area contributed by atoms with Gasteiger partial charge in [0.2, 0.25) is 11.6 Å². The smallest absolute Gasteiger partial charge is 0.338 e. The van der Waals surface area contributed by atoms with E-state index in [-0.39, 0.29) is 30.2 Å². The summed E-state index contributed by atoms with van der Waals surface area (Å²) in [5, 5.41) is 0. The van der Waals surface area contributed by atoms with Crippen LogP contribution in [0, 0.1) is 41.2 Å². The molecular formula is C35H46F2O4. The summed E-state index contributed by atoms with van der Waals surface area (Å²) in [6.45, 7) is 4.62. The van der Waals surface area contributed by atoms with Gasteiger partial charge in [-0.1, -0.05) is 25.5 Å². The van der Waals surface area contributed by atoms with Crippen molar-refractivity contribution >= 4 is 5.97 Å². The van der Waals surface area contributed by atoms with Crippen LogP contribution in [0.15, 0.2) is 36.4 Å². The maximum atomic E-state index is 14.4. The highest BCUT2D eigenvalue weighted by molar-refractivity contribution is 5.89. The zero-order chi connectivity index (χ0) is 28.8. The van der Waals surface area contributed by atoms with Gasteiger partial charge in [-0.15, -0.1) is 0 Å². The largest absolute Gasteiger partial charge is 0.491 e. The molecule has 2 aromatic carbocycles. The van der Waals surface area contributed by atoms with Gasteiger partial charge >= 0.3 is 5.97 Å². The third-order valence-corrected chi connectivity index (χ3v) is 9.94. The van der Waals surface area contributed by atoms with Crippen LogP contribution in [0.25, 0.3) is 0 Å². The molecule has 0 aliphatic heterocycles. The second-order valence-corrected chi connectivity index (χ2v) is 12.6. The lowest BCUT2D eigenvalue weighted by molar-refractivity contribution is 0.00460. The van der Waals surface area contributed by atoms with Gasteiger partial charge in [-0.3, -0.25) is 0 Å². The number of carbonyl (C=O) groups is 1. The van der Waals surface area contributed by atoms with E-state index in [0.29, 0.717) is 24.0 Å². The molecule has 41 heavy (non-hydrogen) atoms. The summed E-state index contributed by atoms with van der Waals surface area (Å²) in [5.41, 5.74) is 1.92. The second-order valence-electron chi connectivity index (χ2n) is 12.6. The summed E-state index contributed by atoms with van der Waals surface area (Å²) in [6, 6.07) is 10.8. The monoisotopic (exact) mass is 568 g/mol. The summed E-state index contributed by atoms with van der Waals surface area (Å²) in [6.07, 6.45) is 13.6. The second kappa shape index (κ2) is 14.0. The topological polar surface area (TPSA) is 44.8 Å². The van der Waals surface area contributed by atoms with Crippen LogP contribution in [0.3, 0.4) is 0 Å². The van der Waals surface area contributed by atoms with Gasteiger partial charge < -0.3 is 14.2 Å². The van der Waals surface area contributed by atoms with Crippen molar-refractivity contribution in [1.29, 1.82) is 0 Å². The van der Waals surface area contributed by atoms with E-state index in [4.69, 9.17) is 14.2 Å². The third kappa shape index (κ3) is 7.42. The lowest BCUT2D eigenvalue weighted by atomic mass is 9.61. The number of aryl methyl sites for hydroxylation is 1. The summed E-state index contributed by atoms with van der Waals surface area (Å²) in [7, 11) is 0. The molecule has 0 heterocycles. The first kappa shape index (κ1) is 29.8. The van der Waals surface area contributed by atoms with Crippen molar-refractivity contribution in [2.45, 2.75) is 97.0 Å². The van der Waals surface area contributed by atoms with Crippen molar-refractivity contribution in [3.8, 4) is 11.5 Å². The highest BCUT2D eigenvalue weighted by Gasteiger charge is 2.39. The number of hydrogen-bond acceptors (Lipinski definition) is 4. The first-order chi connectivity index (χ1) is 19.9. The number of halogens is 2. The van der Waals surface area contributed by atoms with E-state index in [9.17, 15) is 13.6 Å². The molecule has 4 atom stereocenters. The van der Waals surface area contributed by atoms with Crippen LogP contribution in [-0.2, 0) is 11.2 Å². The van der Waals surface area contributed by atoms with Gasteiger partial charge in [0.15, 0.2) is 11.5 Å². The lowest BCUT2D eigenvalue weighted by Gasteiger charge is -2.45. The minimum absolute atomic E-state index is 0.0250. The highest BCUT2D eigenvalue weighted by atomic mass is 19.2. The predicted octanol–water partition coefficient (Wildman–Crippen LogP) is 8.94. The Morgan fingerprint density at radius 2 is 1.32 bits per heavy atom. The SMILES string of the molecule is CCCc1ccc(C(=O)OC2CCC(C3CCC4CC(COc5ccc(OCC)c(F)c5F)CCC4C3)CC2)cc1.